The molecule has 1 atom stereocenters. The van der Waals surface area contributed by atoms with Crippen LogP contribution in [0.1, 0.15) is 32.1 Å². The van der Waals surface area contributed by atoms with E-state index in [2.05, 4.69) is 20.1 Å². The van der Waals surface area contributed by atoms with Crippen LogP contribution in [0.5, 0.6) is 0 Å². The third kappa shape index (κ3) is 4.70. The van der Waals surface area contributed by atoms with Crippen LogP contribution in [0.3, 0.4) is 0 Å². The van der Waals surface area contributed by atoms with Gasteiger partial charge in [-0.3, -0.25) is 14.5 Å². The molecule has 156 valence electrons. The monoisotopic (exact) mass is 399 g/mol. The lowest BCUT2D eigenvalue weighted by atomic mass is 9.93. The second-order valence-corrected chi connectivity index (χ2v) is 8.02. The zero-order valence-electron chi connectivity index (χ0n) is 16.7. The average Bonchev–Trinajstić information content (AvgIpc) is 3.18. The first kappa shape index (κ1) is 19.7. The number of nitrogens with one attached hydrogen (secondary N) is 1. The first-order valence-corrected chi connectivity index (χ1v) is 10.5. The van der Waals surface area contributed by atoms with Crippen LogP contribution < -0.4 is 16.0 Å². The van der Waals surface area contributed by atoms with Crippen molar-refractivity contribution >= 4 is 28.9 Å². The number of rotatable bonds is 6. The number of carbonyl (C=O) groups is 2. The fourth-order valence-electron chi connectivity index (χ4n) is 4.42. The number of benzene rings is 1. The van der Waals surface area contributed by atoms with E-state index in [1.807, 2.05) is 24.3 Å². The summed E-state index contributed by atoms with van der Waals surface area (Å²) >= 11 is 0. The van der Waals surface area contributed by atoms with Gasteiger partial charge >= 0.3 is 0 Å². The number of hydrogen-bond donors (Lipinski definition) is 2. The molecule has 1 aromatic heterocycles. The summed E-state index contributed by atoms with van der Waals surface area (Å²) < 4.78 is 5.91. The lowest BCUT2D eigenvalue weighted by Crippen LogP contribution is -2.51. The molecule has 29 heavy (non-hydrogen) atoms. The Morgan fingerprint density at radius 3 is 2.72 bits per heavy atom. The Morgan fingerprint density at radius 1 is 1.17 bits per heavy atom. The van der Waals surface area contributed by atoms with E-state index in [4.69, 9.17) is 10.2 Å². The first-order chi connectivity index (χ1) is 14.1. The van der Waals surface area contributed by atoms with E-state index >= 15 is 0 Å². The normalized spacial score (nSPS) is 21.4. The van der Waals surface area contributed by atoms with Gasteiger partial charge < -0.3 is 20.4 Å². The summed E-state index contributed by atoms with van der Waals surface area (Å²) in [6.07, 6.45) is 4.19. The molecule has 0 radical (unpaired) electrons. The number of anilines is 1. The molecule has 0 aliphatic carbocycles. The third-order valence-corrected chi connectivity index (χ3v) is 6.03. The molecule has 0 saturated carbocycles. The Hall–Kier alpha value is -2.61. The van der Waals surface area contributed by atoms with Gasteiger partial charge in [-0.1, -0.05) is 12.1 Å². The Balaban J connectivity index is 1.28. The summed E-state index contributed by atoms with van der Waals surface area (Å²) in [7, 11) is 0. The Labute approximate surface area is 170 Å². The molecule has 2 aliphatic heterocycles. The minimum Gasteiger partial charge on any atom is -0.423 e. The number of amides is 2. The number of oxazole rings is 1. The Bertz CT molecular complexity index is 826. The van der Waals surface area contributed by atoms with Crippen molar-refractivity contribution in [3.05, 3.63) is 24.3 Å². The summed E-state index contributed by atoms with van der Waals surface area (Å²) in [6.45, 7) is 3.97. The molecule has 8 nitrogen and oxygen atoms in total. The number of primary amides is 1. The van der Waals surface area contributed by atoms with E-state index in [0.717, 1.165) is 63.0 Å². The maximum atomic E-state index is 12.4. The number of fused-ring (bicyclic) bond motifs is 1. The van der Waals surface area contributed by atoms with Crippen LogP contribution in [0, 0.1) is 5.92 Å². The van der Waals surface area contributed by atoms with Crippen LogP contribution >= 0.6 is 0 Å². The third-order valence-electron chi connectivity index (χ3n) is 6.03. The van der Waals surface area contributed by atoms with Crippen LogP contribution in [0.15, 0.2) is 28.7 Å². The fraction of sp³-hybridized carbons (Fsp3) is 0.571. The molecule has 0 spiro atoms. The minimum atomic E-state index is -0.388. The minimum absolute atomic E-state index is 0.00769. The maximum Gasteiger partial charge on any atom is 0.298 e. The number of likely N-dealkylation sites (tertiary alicyclic amines) is 1. The van der Waals surface area contributed by atoms with E-state index in [-0.39, 0.29) is 24.2 Å². The predicted octanol–water partition coefficient (Wildman–Crippen LogP) is 1.50. The number of hydrogen-bond acceptors (Lipinski definition) is 6. The van der Waals surface area contributed by atoms with Crippen molar-refractivity contribution in [2.75, 3.05) is 37.6 Å². The number of piperidine rings is 2. The van der Waals surface area contributed by atoms with Crippen LogP contribution in [-0.2, 0) is 9.59 Å². The Morgan fingerprint density at radius 2 is 1.97 bits per heavy atom. The largest absolute Gasteiger partial charge is 0.423 e. The molecule has 2 aromatic rings. The van der Waals surface area contributed by atoms with E-state index in [0.29, 0.717) is 18.6 Å². The first-order valence-electron chi connectivity index (χ1n) is 10.5. The zero-order valence-corrected chi connectivity index (χ0v) is 16.7. The highest BCUT2D eigenvalue weighted by Gasteiger charge is 2.32. The molecule has 2 fully saturated rings. The smallest absolute Gasteiger partial charge is 0.298 e. The van der Waals surface area contributed by atoms with Gasteiger partial charge in [0.2, 0.25) is 11.8 Å². The molecule has 2 saturated heterocycles. The second-order valence-electron chi connectivity index (χ2n) is 8.02. The summed E-state index contributed by atoms with van der Waals surface area (Å²) in [6, 6.07) is 9.03. The second kappa shape index (κ2) is 8.82. The van der Waals surface area contributed by atoms with Gasteiger partial charge in [0.25, 0.3) is 6.01 Å². The van der Waals surface area contributed by atoms with Crippen LogP contribution in [-0.4, -0.2) is 60.5 Å². The average molecular weight is 399 g/mol. The van der Waals surface area contributed by atoms with Crippen molar-refractivity contribution < 1.29 is 14.0 Å². The number of carbonyl (C=O) groups excluding carboxylic acids is 2. The van der Waals surface area contributed by atoms with Gasteiger partial charge in [-0.05, 0) is 44.4 Å². The van der Waals surface area contributed by atoms with Gasteiger partial charge in [0, 0.05) is 38.6 Å². The lowest BCUT2D eigenvalue weighted by molar-refractivity contribution is -0.127. The topological polar surface area (TPSA) is 105 Å². The molecule has 3 N–H and O–H groups in total. The molecule has 0 unspecified atom stereocenters. The molecule has 2 aliphatic rings. The van der Waals surface area contributed by atoms with E-state index < -0.39 is 0 Å². The highest BCUT2D eigenvalue weighted by molar-refractivity contribution is 5.80. The summed E-state index contributed by atoms with van der Waals surface area (Å²) in [5.41, 5.74) is 6.86. The van der Waals surface area contributed by atoms with Gasteiger partial charge in [0.1, 0.15) is 5.52 Å². The number of nitrogens with two attached hydrogens (primary N) is 1. The van der Waals surface area contributed by atoms with Crippen molar-refractivity contribution in [3.8, 4) is 0 Å². The van der Waals surface area contributed by atoms with E-state index in [1.165, 1.54) is 0 Å². The molecule has 8 heteroatoms. The summed E-state index contributed by atoms with van der Waals surface area (Å²) in [5, 5.41) is 2.85. The van der Waals surface area contributed by atoms with Crippen LogP contribution in [0.4, 0.5) is 6.01 Å². The van der Waals surface area contributed by atoms with Crippen LogP contribution in [0.25, 0.3) is 11.1 Å². The maximum absolute atomic E-state index is 12.4. The van der Waals surface area contributed by atoms with Gasteiger partial charge in [0.15, 0.2) is 5.58 Å². The van der Waals surface area contributed by atoms with E-state index in [9.17, 15) is 9.59 Å². The molecule has 4 rings (SSSR count). The highest BCUT2D eigenvalue weighted by atomic mass is 16.4. The van der Waals surface area contributed by atoms with Gasteiger partial charge in [-0.15, -0.1) is 0 Å². The van der Waals surface area contributed by atoms with E-state index in [1.54, 1.807) is 0 Å². The number of para-hydroxylation sites is 2. The molecular formula is C21H29N5O3. The predicted molar refractivity (Wildman–Crippen MR) is 110 cm³/mol. The van der Waals surface area contributed by atoms with Crippen molar-refractivity contribution in [2.45, 2.75) is 38.1 Å². The molecule has 0 bridgehead atoms. The van der Waals surface area contributed by atoms with Crippen molar-refractivity contribution in [3.63, 3.8) is 0 Å². The van der Waals surface area contributed by atoms with Crippen molar-refractivity contribution in [1.29, 1.82) is 0 Å². The summed E-state index contributed by atoms with van der Waals surface area (Å²) in [4.78, 5) is 32.5. The number of nitrogens with zero attached hydrogens (tertiary/aromatic N) is 3. The molecule has 1 aromatic carbocycles. The standard InChI is InChI=1S/C21H29N5O3/c22-19(27)7-10-23-20(28)15-4-3-11-26(14-15)16-8-12-25(13-9-16)21-24-17-5-1-2-6-18(17)29-21/h1-2,5-6,15-16H,3-4,7-14H2,(H2,22,27)(H,23,28)/t15-/m0/s1. The van der Waals surface area contributed by atoms with Crippen molar-refractivity contribution in [2.24, 2.45) is 11.7 Å². The van der Waals surface area contributed by atoms with Gasteiger partial charge in [0.05, 0.1) is 5.92 Å². The fourth-order valence-corrected chi connectivity index (χ4v) is 4.42. The van der Waals surface area contributed by atoms with Gasteiger partial charge in [-0.25, -0.2) is 0 Å². The SMILES string of the molecule is NC(=O)CCNC(=O)[C@H]1CCCN(C2CCN(c3nc4ccccc4o3)CC2)C1. The zero-order chi connectivity index (χ0) is 20.2. The molecular weight excluding hydrogens is 370 g/mol. The van der Waals surface area contributed by atoms with Crippen molar-refractivity contribution in [1.82, 2.24) is 15.2 Å². The van der Waals surface area contributed by atoms with Crippen LogP contribution in [0.2, 0.25) is 0 Å². The van der Waals surface area contributed by atoms with Gasteiger partial charge in [-0.2, -0.15) is 4.98 Å². The Kier molecular flexibility index (Phi) is 5.99. The molecule has 3 heterocycles. The lowest BCUT2D eigenvalue weighted by Gasteiger charge is -2.41. The summed E-state index contributed by atoms with van der Waals surface area (Å²) in [5.74, 6) is -0.354. The quantitative estimate of drug-likeness (QED) is 0.763. The molecule has 2 amide bonds. The highest BCUT2D eigenvalue weighted by Crippen LogP contribution is 2.28. The number of aromatic nitrogens is 1.